The zero-order chi connectivity index (χ0) is 24.6. The minimum absolute atomic E-state index is 0.101. The summed E-state index contributed by atoms with van der Waals surface area (Å²) >= 11 is 3.47. The van der Waals surface area contributed by atoms with E-state index >= 15 is 0 Å². The van der Waals surface area contributed by atoms with Crippen molar-refractivity contribution >= 4 is 33.0 Å². The van der Waals surface area contributed by atoms with Gasteiger partial charge in [-0.25, -0.2) is 4.98 Å². The van der Waals surface area contributed by atoms with Crippen LogP contribution in [0.4, 0.5) is 0 Å². The van der Waals surface area contributed by atoms with Crippen LogP contribution in [0.25, 0.3) is 16.6 Å². The van der Waals surface area contributed by atoms with Crippen LogP contribution in [0.15, 0.2) is 56.8 Å². The van der Waals surface area contributed by atoms with Gasteiger partial charge in [0.15, 0.2) is 0 Å². The fraction of sp³-hybridized carbons (Fsp3) is 0.321. The monoisotopic (exact) mass is 518 g/mol. The molecule has 0 aliphatic rings. The summed E-state index contributed by atoms with van der Waals surface area (Å²) in [4.78, 5) is 18.2. The van der Waals surface area contributed by atoms with Crippen LogP contribution in [0.3, 0.4) is 0 Å². The lowest BCUT2D eigenvalue weighted by Gasteiger charge is -2.17. The Hall–Kier alpha value is -2.99. The number of benzene rings is 2. The topological polar surface area (TPSA) is 52.2 Å². The van der Waals surface area contributed by atoms with Crippen LogP contribution in [-0.4, -0.2) is 20.4 Å². The van der Waals surface area contributed by atoms with Crippen molar-refractivity contribution in [2.24, 2.45) is 5.10 Å². The van der Waals surface area contributed by atoms with Crippen LogP contribution in [0.5, 0.6) is 0 Å². The van der Waals surface area contributed by atoms with E-state index in [1.807, 2.05) is 18.2 Å². The number of nitrogens with zero attached hydrogens (tertiary/aromatic N) is 4. The molecule has 0 radical (unpaired) electrons. The summed E-state index contributed by atoms with van der Waals surface area (Å²) in [6.07, 6.45) is 3.62. The Morgan fingerprint density at radius 3 is 2.59 bits per heavy atom. The van der Waals surface area contributed by atoms with Crippen molar-refractivity contribution in [1.29, 1.82) is 0 Å². The average molecular weight is 519 g/mol. The maximum atomic E-state index is 13.4. The highest BCUT2D eigenvalue weighted by Gasteiger charge is 2.17. The van der Waals surface area contributed by atoms with Crippen molar-refractivity contribution in [1.82, 2.24) is 14.2 Å². The number of fused-ring (bicyclic) bond motifs is 1. The first-order chi connectivity index (χ1) is 16.3. The normalized spacial score (nSPS) is 12.7. The molecule has 0 unspecified atom stereocenters. The molecule has 4 rings (SSSR count). The molecular weight excluding hydrogens is 488 g/mol. The summed E-state index contributed by atoms with van der Waals surface area (Å²) in [5.74, 6) is 0.781. The fourth-order valence-corrected chi connectivity index (χ4v) is 4.85. The molecule has 0 saturated carbocycles. The Morgan fingerprint density at radius 2 is 1.88 bits per heavy atom. The zero-order valence-electron chi connectivity index (χ0n) is 20.7. The summed E-state index contributed by atoms with van der Waals surface area (Å²) in [5, 5.41) is 5.24. The molecule has 5 nitrogen and oxygen atoms in total. The highest BCUT2D eigenvalue weighted by molar-refractivity contribution is 9.10. The second-order valence-corrected chi connectivity index (χ2v) is 9.82. The number of rotatable bonds is 6. The maximum Gasteiger partial charge on any atom is 0.282 e. The predicted molar refractivity (Wildman–Crippen MR) is 145 cm³/mol. The standard InChI is InChI=1S/C28H31BrN4O/c1-7-17(3)27-31-25-13-12-23(29)15-24(25)28(34)33(27)30-16-22-14-19(5)32(20(22)6)26-18(4)10-9-11-21(26)8-2/h9-17H,7-8H2,1-6H3/t17-/m1/s1. The number of para-hydroxylation sites is 1. The van der Waals surface area contributed by atoms with Crippen LogP contribution < -0.4 is 5.56 Å². The molecule has 1 atom stereocenters. The molecule has 0 saturated heterocycles. The molecule has 0 aliphatic heterocycles. The highest BCUT2D eigenvalue weighted by atomic mass is 79.9. The Morgan fingerprint density at radius 1 is 1.12 bits per heavy atom. The van der Waals surface area contributed by atoms with Gasteiger partial charge in [0.2, 0.25) is 0 Å². The van der Waals surface area contributed by atoms with Gasteiger partial charge in [0.1, 0.15) is 5.82 Å². The van der Waals surface area contributed by atoms with E-state index in [2.05, 4.69) is 91.4 Å². The smallest absolute Gasteiger partial charge is 0.282 e. The van der Waals surface area contributed by atoms with Gasteiger partial charge in [0.05, 0.1) is 22.8 Å². The van der Waals surface area contributed by atoms with Crippen molar-refractivity contribution in [3.8, 4) is 5.69 Å². The molecule has 0 amide bonds. The molecule has 2 heterocycles. The van der Waals surface area contributed by atoms with Gasteiger partial charge in [0.25, 0.3) is 5.56 Å². The average Bonchev–Trinajstić information content (AvgIpc) is 3.10. The molecule has 6 heteroatoms. The minimum Gasteiger partial charge on any atom is -0.317 e. The second kappa shape index (κ2) is 9.71. The number of aromatic nitrogens is 3. The SMILES string of the molecule is CCc1cccc(C)c1-n1c(C)cc(C=Nn2c([C@H](C)CC)nc3ccc(Br)cc3c2=O)c1C. The van der Waals surface area contributed by atoms with Crippen LogP contribution in [-0.2, 0) is 6.42 Å². The summed E-state index contributed by atoms with van der Waals surface area (Å²) in [5.41, 5.74) is 7.54. The van der Waals surface area contributed by atoms with Gasteiger partial charge in [-0.2, -0.15) is 9.78 Å². The molecule has 2 aromatic carbocycles. The van der Waals surface area contributed by atoms with E-state index in [0.717, 1.165) is 34.3 Å². The second-order valence-electron chi connectivity index (χ2n) is 8.90. The van der Waals surface area contributed by atoms with Gasteiger partial charge in [-0.3, -0.25) is 4.79 Å². The molecular formula is C28H31BrN4O. The van der Waals surface area contributed by atoms with Gasteiger partial charge in [0, 0.05) is 27.3 Å². The Kier molecular flexibility index (Phi) is 6.89. The van der Waals surface area contributed by atoms with E-state index in [0.29, 0.717) is 16.7 Å². The number of hydrogen-bond acceptors (Lipinski definition) is 3. The van der Waals surface area contributed by atoms with Crippen molar-refractivity contribution in [2.75, 3.05) is 0 Å². The quantitative estimate of drug-likeness (QED) is 0.262. The first-order valence-corrected chi connectivity index (χ1v) is 12.6. The van der Waals surface area contributed by atoms with Gasteiger partial charge in [-0.15, -0.1) is 0 Å². The largest absolute Gasteiger partial charge is 0.317 e. The lowest BCUT2D eigenvalue weighted by Crippen LogP contribution is -2.23. The zero-order valence-corrected chi connectivity index (χ0v) is 22.3. The van der Waals surface area contributed by atoms with Gasteiger partial charge < -0.3 is 4.57 Å². The molecule has 4 aromatic rings. The van der Waals surface area contributed by atoms with Gasteiger partial charge in [-0.1, -0.05) is 54.9 Å². The van der Waals surface area contributed by atoms with Crippen LogP contribution >= 0.6 is 15.9 Å². The van der Waals surface area contributed by atoms with Crippen molar-refractivity contribution in [3.63, 3.8) is 0 Å². The van der Waals surface area contributed by atoms with E-state index in [-0.39, 0.29) is 11.5 Å². The van der Waals surface area contributed by atoms with Crippen molar-refractivity contribution in [2.45, 2.75) is 60.3 Å². The lowest BCUT2D eigenvalue weighted by atomic mass is 10.1. The highest BCUT2D eigenvalue weighted by Crippen LogP contribution is 2.26. The van der Waals surface area contributed by atoms with E-state index in [1.54, 1.807) is 6.21 Å². The summed E-state index contributed by atoms with van der Waals surface area (Å²) < 4.78 is 4.61. The third-order valence-corrected chi connectivity index (χ3v) is 7.09. The van der Waals surface area contributed by atoms with Gasteiger partial charge in [-0.05, 0) is 69.0 Å². The van der Waals surface area contributed by atoms with Gasteiger partial charge >= 0.3 is 0 Å². The molecule has 0 spiro atoms. The Balaban J connectivity index is 1.87. The first-order valence-electron chi connectivity index (χ1n) is 11.8. The molecule has 0 fully saturated rings. The van der Waals surface area contributed by atoms with Crippen molar-refractivity contribution in [3.05, 3.63) is 91.2 Å². The van der Waals surface area contributed by atoms with Crippen LogP contribution in [0, 0.1) is 20.8 Å². The Bertz CT molecular complexity index is 1460. The molecule has 0 aliphatic carbocycles. The van der Waals surface area contributed by atoms with E-state index in [1.165, 1.54) is 21.5 Å². The number of halogens is 1. The summed E-state index contributed by atoms with van der Waals surface area (Å²) in [7, 11) is 0. The molecule has 2 aromatic heterocycles. The lowest BCUT2D eigenvalue weighted by molar-refractivity contribution is 0.613. The van der Waals surface area contributed by atoms with E-state index in [4.69, 9.17) is 4.98 Å². The third-order valence-electron chi connectivity index (χ3n) is 6.59. The predicted octanol–water partition coefficient (Wildman–Crippen LogP) is 6.83. The molecule has 176 valence electrons. The first kappa shape index (κ1) is 24.1. The molecule has 0 N–H and O–H groups in total. The summed E-state index contributed by atoms with van der Waals surface area (Å²) in [6.45, 7) is 12.7. The van der Waals surface area contributed by atoms with E-state index < -0.39 is 0 Å². The number of hydrogen-bond donors (Lipinski definition) is 0. The number of aryl methyl sites for hydroxylation is 3. The third kappa shape index (κ3) is 4.27. The van der Waals surface area contributed by atoms with Crippen LogP contribution in [0.1, 0.15) is 67.0 Å². The maximum absolute atomic E-state index is 13.4. The van der Waals surface area contributed by atoms with Crippen molar-refractivity contribution < 1.29 is 0 Å². The summed E-state index contributed by atoms with van der Waals surface area (Å²) in [6, 6.07) is 14.2. The molecule has 34 heavy (non-hydrogen) atoms. The minimum atomic E-state index is -0.154. The molecule has 0 bridgehead atoms. The fourth-order valence-electron chi connectivity index (χ4n) is 4.49. The van der Waals surface area contributed by atoms with E-state index in [9.17, 15) is 4.79 Å². The van der Waals surface area contributed by atoms with Crippen LogP contribution in [0.2, 0.25) is 0 Å². The Labute approximate surface area is 209 Å².